The largest absolute Gasteiger partial charge is 0.486 e. The van der Waals surface area contributed by atoms with Gasteiger partial charge in [-0.15, -0.1) is 0 Å². The summed E-state index contributed by atoms with van der Waals surface area (Å²) in [6, 6.07) is 1.56. The van der Waals surface area contributed by atoms with Gasteiger partial charge in [0.25, 0.3) is 0 Å². The van der Waals surface area contributed by atoms with Crippen LogP contribution >= 0.6 is 15.9 Å². The van der Waals surface area contributed by atoms with Crippen molar-refractivity contribution in [1.29, 1.82) is 0 Å². The lowest BCUT2D eigenvalue weighted by Crippen LogP contribution is -2.26. The molecule has 0 spiro atoms. The van der Waals surface area contributed by atoms with Crippen molar-refractivity contribution in [1.82, 2.24) is 0 Å². The maximum absolute atomic E-state index is 14.6. The van der Waals surface area contributed by atoms with Gasteiger partial charge in [0.1, 0.15) is 24.6 Å². The van der Waals surface area contributed by atoms with Gasteiger partial charge in [-0.05, 0) is 28.8 Å². The molecule has 4 nitrogen and oxygen atoms in total. The van der Waals surface area contributed by atoms with E-state index in [9.17, 15) is 9.18 Å². The molecule has 6 heteroatoms. The Bertz CT molecular complexity index is 593. The second-order valence-corrected chi connectivity index (χ2v) is 5.87. The standard InChI is InChI=1S/C14H13BrFNO3/c15-9-7-10-13(20-6-5-19-10)11(12(9)16)14(17-8-18)3-1-2-4-14/h7H,1-6H2. The first-order chi connectivity index (χ1) is 9.68. The van der Waals surface area contributed by atoms with Crippen molar-refractivity contribution in [3.63, 3.8) is 0 Å². The highest BCUT2D eigenvalue weighted by atomic mass is 79.9. The quantitative estimate of drug-likeness (QED) is 0.611. The Kier molecular flexibility index (Phi) is 3.52. The van der Waals surface area contributed by atoms with Gasteiger partial charge in [0.15, 0.2) is 11.5 Å². The molecule has 0 amide bonds. The van der Waals surface area contributed by atoms with E-state index in [-0.39, 0.29) is 0 Å². The first-order valence-electron chi connectivity index (χ1n) is 6.55. The van der Waals surface area contributed by atoms with Gasteiger partial charge in [-0.3, -0.25) is 0 Å². The Morgan fingerprint density at radius 3 is 2.70 bits per heavy atom. The predicted molar refractivity (Wildman–Crippen MR) is 73.4 cm³/mol. The molecule has 0 bridgehead atoms. The zero-order valence-corrected chi connectivity index (χ0v) is 12.3. The van der Waals surface area contributed by atoms with Crippen molar-refractivity contribution in [3.05, 3.63) is 21.9 Å². The van der Waals surface area contributed by atoms with E-state index in [4.69, 9.17) is 9.47 Å². The molecule has 1 fully saturated rings. The number of ether oxygens (including phenoxy) is 2. The fraction of sp³-hybridized carbons (Fsp3) is 0.500. The van der Waals surface area contributed by atoms with Crippen LogP contribution in [0.4, 0.5) is 4.39 Å². The van der Waals surface area contributed by atoms with Crippen molar-refractivity contribution < 1.29 is 18.7 Å². The maximum Gasteiger partial charge on any atom is 0.235 e. The van der Waals surface area contributed by atoms with Crippen LogP contribution in [-0.4, -0.2) is 19.3 Å². The molecular formula is C14H13BrFNO3. The number of rotatable bonds is 2. The monoisotopic (exact) mass is 341 g/mol. The molecule has 20 heavy (non-hydrogen) atoms. The van der Waals surface area contributed by atoms with E-state index >= 15 is 0 Å². The number of hydrogen-bond acceptors (Lipinski definition) is 4. The van der Waals surface area contributed by atoms with Gasteiger partial charge in [0, 0.05) is 6.07 Å². The molecular weight excluding hydrogens is 329 g/mol. The molecule has 1 aromatic carbocycles. The fourth-order valence-electron chi connectivity index (χ4n) is 3.01. The van der Waals surface area contributed by atoms with Crippen LogP contribution in [0, 0.1) is 5.82 Å². The molecule has 3 rings (SSSR count). The molecule has 1 saturated carbocycles. The van der Waals surface area contributed by atoms with Gasteiger partial charge in [0.2, 0.25) is 6.08 Å². The summed E-state index contributed by atoms with van der Waals surface area (Å²) in [5.74, 6) is 0.430. The summed E-state index contributed by atoms with van der Waals surface area (Å²) >= 11 is 3.20. The predicted octanol–water partition coefficient (Wildman–Crippen LogP) is 3.46. The van der Waals surface area contributed by atoms with Gasteiger partial charge in [-0.2, -0.15) is 4.99 Å². The van der Waals surface area contributed by atoms with Gasteiger partial charge in [-0.1, -0.05) is 12.8 Å². The van der Waals surface area contributed by atoms with Crippen LogP contribution in [0.1, 0.15) is 31.2 Å². The summed E-state index contributed by atoms with van der Waals surface area (Å²) < 4.78 is 26.1. The van der Waals surface area contributed by atoms with Crippen LogP contribution in [0.2, 0.25) is 0 Å². The molecule has 0 N–H and O–H groups in total. The molecule has 1 aliphatic heterocycles. The van der Waals surface area contributed by atoms with Crippen LogP contribution in [-0.2, 0) is 10.3 Å². The number of halogens is 2. The van der Waals surface area contributed by atoms with E-state index in [2.05, 4.69) is 20.9 Å². The van der Waals surface area contributed by atoms with Crippen molar-refractivity contribution in [2.75, 3.05) is 13.2 Å². The van der Waals surface area contributed by atoms with Crippen LogP contribution in [0.3, 0.4) is 0 Å². The molecule has 0 atom stereocenters. The first kappa shape index (κ1) is 13.6. The average Bonchev–Trinajstić information content (AvgIpc) is 2.90. The number of hydrogen-bond donors (Lipinski definition) is 0. The Labute approximate surface area is 124 Å². The van der Waals surface area contributed by atoms with Gasteiger partial charge < -0.3 is 9.47 Å². The van der Waals surface area contributed by atoms with E-state index in [1.54, 1.807) is 12.1 Å². The molecule has 2 aliphatic rings. The summed E-state index contributed by atoms with van der Waals surface area (Å²) in [5.41, 5.74) is -0.553. The molecule has 1 aliphatic carbocycles. The second kappa shape index (κ2) is 5.19. The maximum atomic E-state index is 14.6. The lowest BCUT2D eigenvalue weighted by atomic mass is 9.87. The third-order valence-corrected chi connectivity index (χ3v) is 4.46. The van der Waals surface area contributed by atoms with E-state index in [1.165, 1.54) is 0 Å². The normalized spacial score (nSPS) is 19.5. The summed E-state index contributed by atoms with van der Waals surface area (Å²) in [6.07, 6.45) is 4.62. The molecule has 1 heterocycles. The van der Waals surface area contributed by atoms with Crippen LogP contribution in [0.15, 0.2) is 15.5 Å². The lowest BCUT2D eigenvalue weighted by molar-refractivity contribution is 0.165. The molecule has 0 saturated heterocycles. The van der Waals surface area contributed by atoms with E-state index in [0.29, 0.717) is 47.6 Å². The highest BCUT2D eigenvalue weighted by Gasteiger charge is 2.42. The third kappa shape index (κ3) is 2.03. The van der Waals surface area contributed by atoms with Gasteiger partial charge in [0.05, 0.1) is 10.0 Å². The topological polar surface area (TPSA) is 47.9 Å². The van der Waals surface area contributed by atoms with Crippen LogP contribution in [0.25, 0.3) is 0 Å². The lowest BCUT2D eigenvalue weighted by Gasteiger charge is -2.29. The van der Waals surface area contributed by atoms with Gasteiger partial charge >= 0.3 is 0 Å². The summed E-state index contributed by atoms with van der Waals surface area (Å²) in [5, 5.41) is 0. The van der Waals surface area contributed by atoms with Crippen molar-refractivity contribution >= 4 is 22.0 Å². The smallest absolute Gasteiger partial charge is 0.235 e. The minimum absolute atomic E-state index is 0.295. The van der Waals surface area contributed by atoms with E-state index in [1.807, 2.05) is 0 Å². The van der Waals surface area contributed by atoms with Crippen LogP contribution in [0.5, 0.6) is 11.5 Å². The highest BCUT2D eigenvalue weighted by molar-refractivity contribution is 9.10. The van der Waals surface area contributed by atoms with Gasteiger partial charge in [-0.25, -0.2) is 9.18 Å². The minimum Gasteiger partial charge on any atom is -0.486 e. The average molecular weight is 342 g/mol. The summed E-state index contributed by atoms with van der Waals surface area (Å²) in [6.45, 7) is 0.788. The number of isocyanates is 1. The van der Waals surface area contributed by atoms with Crippen LogP contribution < -0.4 is 9.47 Å². The molecule has 0 radical (unpaired) electrons. The first-order valence-corrected chi connectivity index (χ1v) is 7.34. The number of carbonyl (C=O) groups excluding carboxylic acids is 1. The summed E-state index contributed by atoms with van der Waals surface area (Å²) in [4.78, 5) is 14.7. The highest BCUT2D eigenvalue weighted by Crippen LogP contribution is 2.51. The molecule has 106 valence electrons. The summed E-state index contributed by atoms with van der Waals surface area (Å²) in [7, 11) is 0. The zero-order valence-electron chi connectivity index (χ0n) is 10.7. The molecule has 0 unspecified atom stereocenters. The zero-order chi connectivity index (χ0) is 14.2. The Hall–Kier alpha value is -1.39. The second-order valence-electron chi connectivity index (χ2n) is 5.01. The fourth-order valence-corrected chi connectivity index (χ4v) is 3.42. The van der Waals surface area contributed by atoms with Crippen molar-refractivity contribution in [2.45, 2.75) is 31.2 Å². The van der Waals surface area contributed by atoms with E-state index in [0.717, 1.165) is 12.8 Å². The number of nitrogens with zero attached hydrogens (tertiary/aromatic N) is 1. The van der Waals surface area contributed by atoms with E-state index < -0.39 is 11.4 Å². The SMILES string of the molecule is O=C=NC1(c2c(F)c(Br)cc3c2OCCO3)CCCC1. The Morgan fingerprint density at radius 1 is 1.30 bits per heavy atom. The Balaban J connectivity index is 2.26. The number of benzene rings is 1. The molecule has 1 aromatic rings. The van der Waals surface area contributed by atoms with Crippen molar-refractivity contribution in [2.24, 2.45) is 4.99 Å². The number of fused-ring (bicyclic) bond motifs is 1. The Morgan fingerprint density at radius 2 is 2.00 bits per heavy atom. The van der Waals surface area contributed by atoms with Crippen molar-refractivity contribution in [3.8, 4) is 11.5 Å². The third-order valence-electron chi connectivity index (χ3n) is 3.88. The minimum atomic E-state index is -0.875. The molecule has 0 aromatic heterocycles. The number of aliphatic imine (C=N–C) groups is 1.